The second-order valence-corrected chi connectivity index (χ2v) is 5.44. The van der Waals surface area contributed by atoms with Gasteiger partial charge in [-0.25, -0.2) is 0 Å². The van der Waals surface area contributed by atoms with Gasteiger partial charge in [0.25, 0.3) is 0 Å². The predicted molar refractivity (Wildman–Crippen MR) is 59.3 cm³/mol. The van der Waals surface area contributed by atoms with Gasteiger partial charge in [-0.3, -0.25) is 4.99 Å². The van der Waals surface area contributed by atoms with Crippen molar-refractivity contribution in [2.24, 2.45) is 16.6 Å². The number of amidine groups is 1. The van der Waals surface area contributed by atoms with Crippen LogP contribution in [0.25, 0.3) is 0 Å². The molecule has 74 valence electrons. The van der Waals surface area contributed by atoms with E-state index in [0.717, 1.165) is 17.6 Å². The van der Waals surface area contributed by atoms with Gasteiger partial charge in [-0.2, -0.15) is 11.8 Å². The summed E-state index contributed by atoms with van der Waals surface area (Å²) in [6.07, 6.45) is 6.66. The molecule has 2 nitrogen and oxygen atoms in total. The molecule has 0 radical (unpaired) electrons. The summed E-state index contributed by atoms with van der Waals surface area (Å²) < 4.78 is 0. The number of hydrogen-bond acceptors (Lipinski definition) is 2. The van der Waals surface area contributed by atoms with Crippen molar-refractivity contribution in [3.05, 3.63) is 0 Å². The van der Waals surface area contributed by atoms with Gasteiger partial charge in [0, 0.05) is 11.2 Å². The van der Waals surface area contributed by atoms with Crippen LogP contribution in [0, 0.1) is 5.92 Å². The Labute approximate surface area is 84.4 Å². The van der Waals surface area contributed by atoms with Crippen LogP contribution in [0.15, 0.2) is 4.99 Å². The summed E-state index contributed by atoms with van der Waals surface area (Å²) in [7, 11) is 0. The highest BCUT2D eigenvalue weighted by atomic mass is 32.2. The van der Waals surface area contributed by atoms with Crippen molar-refractivity contribution in [1.82, 2.24) is 0 Å². The van der Waals surface area contributed by atoms with Gasteiger partial charge >= 0.3 is 0 Å². The first-order chi connectivity index (χ1) is 6.36. The van der Waals surface area contributed by atoms with Gasteiger partial charge < -0.3 is 5.73 Å². The normalized spacial score (nSPS) is 30.5. The molecule has 13 heavy (non-hydrogen) atoms. The van der Waals surface area contributed by atoms with E-state index >= 15 is 0 Å². The topological polar surface area (TPSA) is 38.4 Å². The molecule has 1 atom stereocenters. The number of hydrogen-bond donors (Lipinski definition) is 1. The maximum atomic E-state index is 5.84. The minimum Gasteiger partial charge on any atom is -0.387 e. The average molecular weight is 198 g/mol. The van der Waals surface area contributed by atoms with Crippen molar-refractivity contribution < 1.29 is 0 Å². The van der Waals surface area contributed by atoms with Crippen molar-refractivity contribution in [2.45, 2.75) is 37.4 Å². The van der Waals surface area contributed by atoms with Gasteiger partial charge in [-0.15, -0.1) is 0 Å². The monoisotopic (exact) mass is 198 g/mol. The fourth-order valence-corrected chi connectivity index (χ4v) is 2.88. The average Bonchev–Trinajstić information content (AvgIpc) is 2.99. The number of aliphatic imine (C=N–C) groups is 1. The van der Waals surface area contributed by atoms with E-state index in [9.17, 15) is 0 Å². The zero-order valence-electron chi connectivity index (χ0n) is 8.04. The Morgan fingerprint density at radius 3 is 2.77 bits per heavy atom. The van der Waals surface area contributed by atoms with Crippen LogP contribution in [0.4, 0.5) is 0 Å². The largest absolute Gasteiger partial charge is 0.387 e. The van der Waals surface area contributed by atoms with Crippen molar-refractivity contribution >= 4 is 17.6 Å². The molecule has 1 aliphatic heterocycles. The van der Waals surface area contributed by atoms with Crippen molar-refractivity contribution in [2.75, 3.05) is 12.3 Å². The zero-order valence-corrected chi connectivity index (χ0v) is 8.85. The Balaban J connectivity index is 1.73. The minimum absolute atomic E-state index is 0.647. The Bertz CT molecular complexity index is 193. The molecule has 1 unspecified atom stereocenters. The minimum atomic E-state index is 0.647. The Kier molecular flexibility index (Phi) is 3.14. The third kappa shape index (κ3) is 2.90. The van der Waals surface area contributed by atoms with Crippen LogP contribution in [-0.2, 0) is 0 Å². The Morgan fingerprint density at radius 1 is 1.31 bits per heavy atom. The second kappa shape index (κ2) is 4.36. The highest BCUT2D eigenvalue weighted by Crippen LogP contribution is 2.29. The van der Waals surface area contributed by atoms with E-state index in [1.165, 1.54) is 37.9 Å². The van der Waals surface area contributed by atoms with E-state index in [-0.39, 0.29) is 0 Å². The van der Waals surface area contributed by atoms with Gasteiger partial charge in [0.1, 0.15) is 0 Å². The third-order valence-corrected chi connectivity index (χ3v) is 4.13. The first kappa shape index (κ1) is 9.38. The summed E-state index contributed by atoms with van der Waals surface area (Å²) >= 11 is 2.07. The second-order valence-electron chi connectivity index (χ2n) is 4.03. The van der Waals surface area contributed by atoms with Crippen LogP contribution in [-0.4, -0.2) is 23.4 Å². The van der Waals surface area contributed by atoms with E-state index in [0.29, 0.717) is 5.92 Å². The van der Waals surface area contributed by atoms with E-state index in [2.05, 4.69) is 16.8 Å². The zero-order chi connectivity index (χ0) is 9.10. The molecule has 0 spiro atoms. The van der Waals surface area contributed by atoms with Gasteiger partial charge in [-0.1, -0.05) is 6.42 Å². The van der Waals surface area contributed by atoms with Crippen LogP contribution < -0.4 is 5.73 Å². The fraction of sp³-hybridized carbons (Fsp3) is 0.900. The summed E-state index contributed by atoms with van der Waals surface area (Å²) in [5.74, 6) is 2.89. The summed E-state index contributed by atoms with van der Waals surface area (Å²) in [6, 6.07) is 0. The molecule has 2 N–H and O–H groups in total. The van der Waals surface area contributed by atoms with Gasteiger partial charge in [-0.05, 0) is 31.4 Å². The number of rotatable bonds is 3. The van der Waals surface area contributed by atoms with Crippen LogP contribution in [0.1, 0.15) is 32.1 Å². The summed E-state index contributed by atoms with van der Waals surface area (Å²) in [4.78, 5) is 4.48. The van der Waals surface area contributed by atoms with Crippen LogP contribution >= 0.6 is 11.8 Å². The van der Waals surface area contributed by atoms with Crippen LogP contribution in [0.2, 0.25) is 0 Å². The lowest BCUT2D eigenvalue weighted by atomic mass is 10.2. The van der Waals surface area contributed by atoms with E-state index in [4.69, 9.17) is 5.73 Å². The molecule has 1 heterocycles. The molecule has 0 aromatic heterocycles. The lowest BCUT2D eigenvalue weighted by Gasteiger charge is -2.19. The van der Waals surface area contributed by atoms with Gasteiger partial charge in [0.15, 0.2) is 0 Å². The van der Waals surface area contributed by atoms with Gasteiger partial charge in [0.05, 0.1) is 12.4 Å². The molecular formula is C10H18N2S. The maximum absolute atomic E-state index is 5.84. The van der Waals surface area contributed by atoms with E-state index in [1.807, 2.05) is 0 Å². The molecule has 0 aromatic rings. The standard InChI is InChI=1S/C10H18N2S/c11-10(8-4-5-8)12-7-9-3-1-2-6-13-9/h8-9H,1-7H2,(H2,11,12). The van der Waals surface area contributed by atoms with Crippen LogP contribution in [0.3, 0.4) is 0 Å². The third-order valence-electron chi connectivity index (χ3n) is 2.75. The highest BCUT2D eigenvalue weighted by molar-refractivity contribution is 7.99. The summed E-state index contributed by atoms with van der Waals surface area (Å²) in [5.41, 5.74) is 5.84. The Morgan fingerprint density at radius 2 is 2.15 bits per heavy atom. The molecule has 1 saturated carbocycles. The maximum Gasteiger partial charge on any atom is 0.0968 e. The first-order valence-corrected chi connectivity index (χ1v) is 6.32. The molecule has 0 bridgehead atoms. The van der Waals surface area contributed by atoms with E-state index < -0.39 is 0 Å². The van der Waals surface area contributed by atoms with Gasteiger partial charge in [0.2, 0.25) is 0 Å². The highest BCUT2D eigenvalue weighted by Gasteiger charge is 2.25. The Hall–Kier alpha value is -0.180. The lowest BCUT2D eigenvalue weighted by Crippen LogP contribution is -2.19. The quantitative estimate of drug-likeness (QED) is 0.556. The molecule has 0 aromatic carbocycles. The van der Waals surface area contributed by atoms with Crippen molar-refractivity contribution in [3.63, 3.8) is 0 Å². The summed E-state index contributed by atoms with van der Waals surface area (Å²) in [6.45, 7) is 0.965. The first-order valence-electron chi connectivity index (χ1n) is 5.27. The van der Waals surface area contributed by atoms with Crippen molar-refractivity contribution in [1.29, 1.82) is 0 Å². The van der Waals surface area contributed by atoms with Crippen molar-refractivity contribution in [3.8, 4) is 0 Å². The van der Waals surface area contributed by atoms with Crippen LogP contribution in [0.5, 0.6) is 0 Å². The molecule has 1 saturated heterocycles. The number of nitrogens with two attached hydrogens (primary N) is 1. The molecule has 3 heteroatoms. The molecule has 0 amide bonds. The molecule has 2 aliphatic rings. The van der Waals surface area contributed by atoms with E-state index in [1.54, 1.807) is 0 Å². The summed E-state index contributed by atoms with van der Waals surface area (Å²) in [5, 5.41) is 0.756. The molecule has 2 fully saturated rings. The molecular weight excluding hydrogens is 180 g/mol. The fourth-order valence-electron chi connectivity index (χ4n) is 1.67. The lowest BCUT2D eigenvalue weighted by molar-refractivity contribution is 0.667. The number of thioether (sulfide) groups is 1. The smallest absolute Gasteiger partial charge is 0.0968 e. The number of nitrogens with zero attached hydrogens (tertiary/aromatic N) is 1. The molecule has 2 rings (SSSR count). The predicted octanol–water partition coefficient (Wildman–Crippen LogP) is 2.04. The molecule has 1 aliphatic carbocycles. The SMILES string of the molecule is NC(=NCC1CCCCS1)C1CC1.